The lowest BCUT2D eigenvalue weighted by atomic mass is 9.98. The van der Waals surface area contributed by atoms with Gasteiger partial charge in [0.25, 0.3) is 0 Å². The molecule has 4 rings (SSSR count). The van der Waals surface area contributed by atoms with Gasteiger partial charge in [-0.3, -0.25) is 4.79 Å². The van der Waals surface area contributed by atoms with Gasteiger partial charge in [0.05, 0.1) is 28.3 Å². The van der Waals surface area contributed by atoms with Gasteiger partial charge >= 0.3 is 12.4 Å². The number of ketones is 1. The monoisotopic (exact) mass is 578 g/mol. The fourth-order valence-corrected chi connectivity index (χ4v) is 4.02. The third-order valence-electron chi connectivity index (χ3n) is 5.32. The molecule has 4 aromatic rings. The Balaban J connectivity index is 1.78. The summed E-state index contributed by atoms with van der Waals surface area (Å²) in [4.78, 5) is 13.3. The Kier molecular flexibility index (Phi) is 7.30. The molecule has 0 saturated heterocycles. The second-order valence-electron chi connectivity index (χ2n) is 8.06. The van der Waals surface area contributed by atoms with E-state index in [2.05, 4.69) is 15.5 Å². The van der Waals surface area contributed by atoms with Gasteiger partial charge in [-0.1, -0.05) is 45.7 Å². The zero-order valence-electron chi connectivity index (χ0n) is 18.9. The molecule has 7 nitrogen and oxygen atoms in total. The second-order valence-corrected chi connectivity index (χ2v) is 8.82. The first-order valence-electron chi connectivity index (χ1n) is 10.5. The fraction of sp³-hybridized carbons (Fsp3) is 0.217. The molecule has 200 valence electrons. The number of benzene rings is 2. The Morgan fingerprint density at radius 1 is 1.03 bits per heavy atom. The van der Waals surface area contributed by atoms with Crippen LogP contribution in [0.5, 0.6) is 0 Å². The fourth-order valence-electron chi connectivity index (χ4n) is 3.58. The number of rotatable bonds is 6. The minimum atomic E-state index is -5.04. The number of nitrogens with zero attached hydrogens (tertiary/aromatic N) is 4. The van der Waals surface area contributed by atoms with Crippen LogP contribution < -0.4 is 0 Å². The maximum absolute atomic E-state index is 13.3. The number of carbonyl (C=O) groups is 1. The summed E-state index contributed by atoms with van der Waals surface area (Å²) in [7, 11) is 0. The van der Waals surface area contributed by atoms with E-state index >= 15 is 0 Å². The van der Waals surface area contributed by atoms with Crippen LogP contribution in [0, 0.1) is 0 Å². The van der Waals surface area contributed by atoms with Crippen molar-refractivity contribution in [2.75, 3.05) is 0 Å². The number of alkyl halides is 6. The number of hydrogen-bond acceptors (Lipinski definition) is 6. The molecule has 0 amide bonds. The van der Waals surface area contributed by atoms with Crippen molar-refractivity contribution >= 4 is 29.0 Å². The van der Waals surface area contributed by atoms with Crippen molar-refractivity contribution < 1.29 is 40.8 Å². The molecular formula is C23H14Cl2F6N4O3. The van der Waals surface area contributed by atoms with E-state index in [0.717, 1.165) is 4.68 Å². The first-order chi connectivity index (χ1) is 17.7. The van der Waals surface area contributed by atoms with Crippen LogP contribution in [0.2, 0.25) is 10.2 Å². The van der Waals surface area contributed by atoms with Crippen LogP contribution in [0.25, 0.3) is 11.4 Å². The third-order valence-corrected chi connectivity index (χ3v) is 6.03. The molecule has 0 spiro atoms. The van der Waals surface area contributed by atoms with Crippen LogP contribution in [0.3, 0.4) is 0 Å². The highest BCUT2D eigenvalue weighted by Crippen LogP contribution is 2.38. The maximum Gasteiger partial charge on any atom is 0.416 e. The minimum Gasteiger partial charge on any atom is -0.385 e. The van der Waals surface area contributed by atoms with Crippen LogP contribution >= 0.6 is 23.2 Å². The van der Waals surface area contributed by atoms with E-state index in [-0.39, 0.29) is 44.5 Å². The summed E-state index contributed by atoms with van der Waals surface area (Å²) < 4.78 is 85.3. The van der Waals surface area contributed by atoms with Gasteiger partial charge in [0, 0.05) is 5.56 Å². The molecule has 15 heteroatoms. The molecule has 2 heterocycles. The van der Waals surface area contributed by atoms with Gasteiger partial charge in [0.1, 0.15) is 11.8 Å². The Morgan fingerprint density at radius 3 is 2.18 bits per heavy atom. The van der Waals surface area contributed by atoms with Gasteiger partial charge in [-0.2, -0.15) is 26.3 Å². The Hall–Kier alpha value is -3.42. The summed E-state index contributed by atoms with van der Waals surface area (Å²) in [6.45, 7) is 0.672. The highest BCUT2D eigenvalue weighted by molar-refractivity contribution is 6.35. The SMILES string of the molecule is CC(O)c1onc(-c2nnn(Cc3cc(C(F)(F)F)cc(C(F)(F)F)c3)c2Cl)c1C(=O)c1ccccc1Cl. The van der Waals surface area contributed by atoms with Gasteiger partial charge in [0.15, 0.2) is 16.6 Å². The van der Waals surface area contributed by atoms with E-state index < -0.39 is 47.5 Å². The van der Waals surface area contributed by atoms with Crippen LogP contribution in [0.4, 0.5) is 26.3 Å². The highest BCUT2D eigenvalue weighted by Gasteiger charge is 2.37. The average molecular weight is 579 g/mol. The number of hydrogen-bond donors (Lipinski definition) is 1. The summed E-state index contributed by atoms with van der Waals surface area (Å²) in [5.41, 5.74) is -4.17. The first kappa shape index (κ1) is 27.6. The molecular weight excluding hydrogens is 565 g/mol. The van der Waals surface area contributed by atoms with Gasteiger partial charge < -0.3 is 9.63 Å². The molecule has 1 unspecified atom stereocenters. The molecule has 0 bridgehead atoms. The molecule has 1 atom stereocenters. The second kappa shape index (κ2) is 10.0. The molecule has 0 aliphatic carbocycles. The lowest BCUT2D eigenvalue weighted by molar-refractivity contribution is -0.143. The standard InChI is InChI=1S/C23H14Cl2F6N4O3/c1-10(36)20-16(19(37)14-4-2-3-5-15(14)24)17(33-38-20)18-21(25)35(34-32-18)9-11-6-12(22(26,27)28)8-13(7-11)23(29,30)31/h2-8,10,36H,9H2,1H3. The molecule has 0 aliphatic rings. The summed E-state index contributed by atoms with van der Waals surface area (Å²) in [6, 6.07) is 7.06. The van der Waals surface area contributed by atoms with Crippen LogP contribution in [-0.2, 0) is 18.9 Å². The van der Waals surface area contributed by atoms with E-state index in [1.54, 1.807) is 12.1 Å². The van der Waals surface area contributed by atoms with Crippen LogP contribution in [0.15, 0.2) is 47.0 Å². The lowest BCUT2D eigenvalue weighted by Gasteiger charge is -2.14. The number of aliphatic hydroxyl groups is 1. The normalized spacial score (nSPS) is 13.1. The molecule has 0 aliphatic heterocycles. The van der Waals surface area contributed by atoms with Crippen LogP contribution in [0.1, 0.15) is 51.4 Å². The predicted molar refractivity (Wildman–Crippen MR) is 122 cm³/mol. The van der Waals surface area contributed by atoms with Gasteiger partial charge in [-0.25, -0.2) is 4.68 Å². The molecule has 2 aromatic carbocycles. The zero-order chi connectivity index (χ0) is 28.0. The summed E-state index contributed by atoms with van der Waals surface area (Å²) in [5.74, 6) is -0.954. The van der Waals surface area contributed by atoms with Crippen molar-refractivity contribution in [3.8, 4) is 11.4 Å². The van der Waals surface area contributed by atoms with Crippen LogP contribution in [-0.4, -0.2) is 31.0 Å². The summed E-state index contributed by atoms with van der Waals surface area (Å²) >= 11 is 12.5. The molecule has 1 N–H and O–H groups in total. The van der Waals surface area contributed by atoms with Crippen molar-refractivity contribution in [3.63, 3.8) is 0 Å². The van der Waals surface area contributed by atoms with Gasteiger partial charge in [0.2, 0.25) is 5.78 Å². The van der Waals surface area contributed by atoms with Crippen molar-refractivity contribution in [2.24, 2.45) is 0 Å². The van der Waals surface area contributed by atoms with Crippen molar-refractivity contribution in [2.45, 2.75) is 31.9 Å². The lowest BCUT2D eigenvalue weighted by Crippen LogP contribution is -2.13. The van der Waals surface area contributed by atoms with Gasteiger partial charge in [-0.15, -0.1) is 5.10 Å². The quantitative estimate of drug-likeness (QED) is 0.204. The molecule has 0 radical (unpaired) electrons. The van der Waals surface area contributed by atoms with Crippen molar-refractivity contribution in [1.29, 1.82) is 0 Å². The molecule has 0 fully saturated rings. The molecule has 0 saturated carbocycles. The number of aliphatic hydroxyl groups excluding tert-OH is 1. The van der Waals surface area contributed by atoms with E-state index in [1.807, 2.05) is 0 Å². The Morgan fingerprint density at radius 2 is 1.63 bits per heavy atom. The van der Waals surface area contributed by atoms with Gasteiger partial charge in [-0.05, 0) is 42.8 Å². The Labute approximate surface area is 219 Å². The average Bonchev–Trinajstić information content (AvgIpc) is 3.41. The number of carbonyl (C=O) groups excluding carboxylic acids is 1. The van der Waals surface area contributed by atoms with E-state index in [4.69, 9.17) is 27.7 Å². The molecule has 2 aromatic heterocycles. The third kappa shape index (κ3) is 5.40. The predicted octanol–water partition coefficient (Wildman–Crippen LogP) is 6.61. The van der Waals surface area contributed by atoms with Crippen molar-refractivity contribution in [1.82, 2.24) is 20.2 Å². The number of aromatic nitrogens is 4. The van der Waals surface area contributed by atoms with E-state index in [1.165, 1.54) is 19.1 Å². The zero-order valence-corrected chi connectivity index (χ0v) is 20.4. The molecule has 38 heavy (non-hydrogen) atoms. The maximum atomic E-state index is 13.3. The summed E-state index contributed by atoms with van der Waals surface area (Å²) in [6.07, 6.45) is -11.4. The topological polar surface area (TPSA) is 94.0 Å². The van der Waals surface area contributed by atoms with Crippen molar-refractivity contribution in [3.05, 3.63) is 86.2 Å². The highest BCUT2D eigenvalue weighted by atomic mass is 35.5. The first-order valence-corrected chi connectivity index (χ1v) is 11.3. The minimum absolute atomic E-state index is 0.00253. The van der Waals surface area contributed by atoms with E-state index in [9.17, 15) is 36.2 Å². The Bertz CT molecular complexity index is 1480. The smallest absolute Gasteiger partial charge is 0.385 e. The van der Waals surface area contributed by atoms with E-state index in [0.29, 0.717) is 12.1 Å². The summed E-state index contributed by atoms with van der Waals surface area (Å²) in [5, 5.41) is 21.1. The largest absolute Gasteiger partial charge is 0.416 e. The number of halogens is 8.